The maximum absolute atomic E-state index is 11.3. The van der Waals surface area contributed by atoms with Crippen LogP contribution in [0.5, 0.6) is 0 Å². The van der Waals surface area contributed by atoms with Crippen molar-refractivity contribution in [2.45, 2.75) is 32.7 Å². The first-order valence-corrected chi connectivity index (χ1v) is 5.59. The molecule has 0 radical (unpaired) electrons. The third-order valence-corrected chi connectivity index (χ3v) is 3.11. The van der Waals surface area contributed by atoms with E-state index in [2.05, 4.69) is 18.7 Å². The highest BCUT2D eigenvalue weighted by Gasteiger charge is 2.33. The predicted molar refractivity (Wildman–Crippen MR) is 59.6 cm³/mol. The van der Waals surface area contributed by atoms with Gasteiger partial charge in [-0.3, -0.25) is 9.69 Å². The molecule has 0 bridgehead atoms. The number of amides is 1. The van der Waals surface area contributed by atoms with Crippen LogP contribution in [0.4, 0.5) is 0 Å². The Balaban J connectivity index is 2.54. The second kappa shape index (κ2) is 4.94. The number of piperazine rings is 1. The Morgan fingerprint density at radius 3 is 2.53 bits per heavy atom. The van der Waals surface area contributed by atoms with Crippen molar-refractivity contribution in [2.24, 2.45) is 0 Å². The number of hydrogen-bond donors (Lipinski definition) is 1. The SMILES string of the molecule is CC(=O)N1CCN(CCCO)C(C)(C)C1. The van der Waals surface area contributed by atoms with E-state index in [9.17, 15) is 4.79 Å². The number of carbonyl (C=O) groups is 1. The monoisotopic (exact) mass is 214 g/mol. The van der Waals surface area contributed by atoms with E-state index in [1.807, 2.05) is 4.90 Å². The lowest BCUT2D eigenvalue weighted by Gasteiger charge is -2.47. The van der Waals surface area contributed by atoms with Crippen molar-refractivity contribution < 1.29 is 9.90 Å². The molecule has 1 rings (SSSR count). The fourth-order valence-corrected chi connectivity index (χ4v) is 2.14. The van der Waals surface area contributed by atoms with Crippen molar-refractivity contribution in [3.05, 3.63) is 0 Å². The minimum atomic E-state index is 0.0269. The van der Waals surface area contributed by atoms with Crippen LogP contribution < -0.4 is 0 Å². The third-order valence-electron chi connectivity index (χ3n) is 3.11. The van der Waals surface area contributed by atoms with Crippen molar-refractivity contribution in [1.29, 1.82) is 0 Å². The van der Waals surface area contributed by atoms with Crippen molar-refractivity contribution in [3.63, 3.8) is 0 Å². The van der Waals surface area contributed by atoms with Crippen LogP contribution in [0.2, 0.25) is 0 Å². The summed E-state index contributed by atoms with van der Waals surface area (Å²) in [7, 11) is 0. The maximum atomic E-state index is 11.3. The molecule has 0 aromatic carbocycles. The van der Waals surface area contributed by atoms with Gasteiger partial charge in [-0.05, 0) is 20.3 Å². The normalized spacial score (nSPS) is 21.7. The fraction of sp³-hybridized carbons (Fsp3) is 0.909. The van der Waals surface area contributed by atoms with Crippen LogP contribution in [0.25, 0.3) is 0 Å². The van der Waals surface area contributed by atoms with E-state index in [1.165, 1.54) is 0 Å². The van der Waals surface area contributed by atoms with E-state index in [1.54, 1.807) is 6.92 Å². The standard InChI is InChI=1S/C11H22N2O2/c1-10(15)12-6-7-13(5-4-8-14)11(2,3)9-12/h14H,4-9H2,1-3H3. The molecule has 1 aliphatic rings. The van der Waals surface area contributed by atoms with Crippen LogP contribution >= 0.6 is 0 Å². The third kappa shape index (κ3) is 3.18. The van der Waals surface area contributed by atoms with E-state index in [0.29, 0.717) is 0 Å². The number of aliphatic hydroxyl groups is 1. The highest BCUT2D eigenvalue weighted by atomic mass is 16.3. The highest BCUT2D eigenvalue weighted by molar-refractivity contribution is 5.73. The van der Waals surface area contributed by atoms with Crippen molar-refractivity contribution in [1.82, 2.24) is 9.80 Å². The summed E-state index contributed by atoms with van der Waals surface area (Å²) >= 11 is 0. The first-order valence-electron chi connectivity index (χ1n) is 5.59. The smallest absolute Gasteiger partial charge is 0.219 e. The molecule has 0 spiro atoms. The van der Waals surface area contributed by atoms with Crippen LogP contribution in [0.1, 0.15) is 27.2 Å². The molecule has 4 nitrogen and oxygen atoms in total. The molecule has 0 unspecified atom stereocenters. The number of aliphatic hydroxyl groups excluding tert-OH is 1. The van der Waals surface area contributed by atoms with Crippen LogP contribution in [-0.2, 0) is 4.79 Å². The highest BCUT2D eigenvalue weighted by Crippen LogP contribution is 2.20. The number of nitrogens with zero attached hydrogens (tertiary/aromatic N) is 2. The molecule has 1 amide bonds. The van der Waals surface area contributed by atoms with Gasteiger partial charge in [-0.15, -0.1) is 0 Å². The molecule has 1 heterocycles. The zero-order valence-corrected chi connectivity index (χ0v) is 9.99. The molecule has 1 N–H and O–H groups in total. The minimum absolute atomic E-state index is 0.0269. The summed E-state index contributed by atoms with van der Waals surface area (Å²) in [5, 5.41) is 8.82. The van der Waals surface area contributed by atoms with E-state index in [0.717, 1.165) is 32.6 Å². The number of carbonyl (C=O) groups excluding carboxylic acids is 1. The predicted octanol–water partition coefficient (Wildman–Crippen LogP) is 0.311. The maximum Gasteiger partial charge on any atom is 0.219 e. The van der Waals surface area contributed by atoms with Gasteiger partial charge < -0.3 is 10.0 Å². The molecule has 4 heteroatoms. The molecule has 0 aliphatic carbocycles. The molecule has 0 saturated carbocycles. The second-order valence-corrected chi connectivity index (χ2v) is 4.82. The molecule has 0 aromatic heterocycles. The summed E-state index contributed by atoms with van der Waals surface area (Å²) in [5.74, 6) is 0.157. The van der Waals surface area contributed by atoms with Crippen molar-refractivity contribution in [3.8, 4) is 0 Å². The van der Waals surface area contributed by atoms with Gasteiger partial charge in [0.25, 0.3) is 0 Å². The van der Waals surface area contributed by atoms with Crippen molar-refractivity contribution in [2.75, 3.05) is 32.8 Å². The van der Waals surface area contributed by atoms with Gasteiger partial charge in [0.1, 0.15) is 0 Å². The Hall–Kier alpha value is -0.610. The fourth-order valence-electron chi connectivity index (χ4n) is 2.14. The summed E-state index contributed by atoms with van der Waals surface area (Å²) < 4.78 is 0. The van der Waals surface area contributed by atoms with Gasteiger partial charge in [0, 0.05) is 45.2 Å². The Labute approximate surface area is 91.9 Å². The van der Waals surface area contributed by atoms with E-state index in [-0.39, 0.29) is 18.1 Å². The molecule has 0 aromatic rings. The van der Waals surface area contributed by atoms with Gasteiger partial charge in [0.2, 0.25) is 5.91 Å². The Kier molecular flexibility index (Phi) is 4.11. The zero-order valence-electron chi connectivity index (χ0n) is 9.99. The molecule has 1 fully saturated rings. The van der Waals surface area contributed by atoms with Crippen LogP contribution in [0.3, 0.4) is 0 Å². The Morgan fingerprint density at radius 2 is 2.07 bits per heavy atom. The molecule has 1 aliphatic heterocycles. The molecule has 88 valence electrons. The lowest BCUT2D eigenvalue weighted by molar-refractivity contribution is -0.133. The zero-order chi connectivity index (χ0) is 11.5. The average molecular weight is 214 g/mol. The van der Waals surface area contributed by atoms with Gasteiger partial charge in [0.05, 0.1) is 0 Å². The topological polar surface area (TPSA) is 43.8 Å². The summed E-state index contributed by atoms with van der Waals surface area (Å²) in [5.41, 5.74) is 0.0269. The first-order chi connectivity index (χ1) is 6.97. The summed E-state index contributed by atoms with van der Waals surface area (Å²) in [6.45, 7) is 9.58. The largest absolute Gasteiger partial charge is 0.396 e. The van der Waals surface area contributed by atoms with Gasteiger partial charge in [0.15, 0.2) is 0 Å². The Morgan fingerprint density at radius 1 is 1.40 bits per heavy atom. The van der Waals surface area contributed by atoms with Crippen LogP contribution in [0, 0.1) is 0 Å². The minimum Gasteiger partial charge on any atom is -0.396 e. The summed E-state index contributed by atoms with van der Waals surface area (Å²) in [4.78, 5) is 15.5. The number of rotatable bonds is 3. The lowest BCUT2D eigenvalue weighted by atomic mass is 9.98. The molecule has 0 atom stereocenters. The molecular weight excluding hydrogens is 192 g/mol. The number of hydrogen-bond acceptors (Lipinski definition) is 3. The van der Waals surface area contributed by atoms with Crippen LogP contribution in [-0.4, -0.2) is 59.1 Å². The van der Waals surface area contributed by atoms with E-state index < -0.39 is 0 Å². The molecular formula is C11H22N2O2. The first kappa shape index (κ1) is 12.5. The van der Waals surface area contributed by atoms with Gasteiger partial charge >= 0.3 is 0 Å². The molecule has 1 saturated heterocycles. The van der Waals surface area contributed by atoms with Gasteiger partial charge in [-0.1, -0.05) is 0 Å². The van der Waals surface area contributed by atoms with Gasteiger partial charge in [-0.25, -0.2) is 0 Å². The molecule has 15 heavy (non-hydrogen) atoms. The quantitative estimate of drug-likeness (QED) is 0.735. The van der Waals surface area contributed by atoms with Crippen molar-refractivity contribution >= 4 is 5.91 Å². The summed E-state index contributed by atoms with van der Waals surface area (Å²) in [6.07, 6.45) is 0.809. The van der Waals surface area contributed by atoms with Gasteiger partial charge in [-0.2, -0.15) is 0 Å². The second-order valence-electron chi connectivity index (χ2n) is 4.82. The van der Waals surface area contributed by atoms with E-state index in [4.69, 9.17) is 5.11 Å². The average Bonchev–Trinajstić information content (AvgIpc) is 2.14. The van der Waals surface area contributed by atoms with E-state index >= 15 is 0 Å². The van der Waals surface area contributed by atoms with Crippen LogP contribution in [0.15, 0.2) is 0 Å². The Bertz CT molecular complexity index is 229. The lowest BCUT2D eigenvalue weighted by Crippen LogP contribution is -2.60. The summed E-state index contributed by atoms with van der Waals surface area (Å²) in [6, 6.07) is 0.